The second kappa shape index (κ2) is 7.67. The van der Waals surface area contributed by atoms with Crippen molar-refractivity contribution >= 4 is 32.4 Å². The fourth-order valence-corrected chi connectivity index (χ4v) is 6.18. The van der Waals surface area contributed by atoms with Crippen LogP contribution in [0.25, 0.3) is 10.9 Å². The normalized spacial score (nSPS) is 17.5. The molecule has 0 spiro atoms. The SMILES string of the molecule is CN(C)S(=O)(=O)c1cc2c(cc1N1CCNCC1)C(C)(C)c1[nH]c3cc(C#N)ccc3c1C2=O. The van der Waals surface area contributed by atoms with Crippen molar-refractivity contribution in [3.8, 4) is 6.07 Å². The number of piperazine rings is 1. The van der Waals surface area contributed by atoms with Gasteiger partial charge in [-0.05, 0) is 29.8 Å². The average molecular weight is 478 g/mol. The molecule has 3 aromatic rings. The minimum absolute atomic E-state index is 0.150. The van der Waals surface area contributed by atoms with Crippen LogP contribution in [-0.4, -0.2) is 63.8 Å². The summed E-state index contributed by atoms with van der Waals surface area (Å²) in [5, 5.41) is 13.3. The molecule has 0 bridgehead atoms. The molecule has 1 saturated heterocycles. The number of H-pyrrole nitrogens is 1. The van der Waals surface area contributed by atoms with Gasteiger partial charge >= 0.3 is 0 Å². The minimum Gasteiger partial charge on any atom is -0.368 e. The van der Waals surface area contributed by atoms with Crippen molar-refractivity contribution in [2.24, 2.45) is 0 Å². The van der Waals surface area contributed by atoms with E-state index in [1.165, 1.54) is 18.4 Å². The summed E-state index contributed by atoms with van der Waals surface area (Å²) in [5.41, 5.74) is 3.81. The van der Waals surface area contributed by atoms with Gasteiger partial charge in [-0.3, -0.25) is 4.79 Å². The molecule has 8 nitrogen and oxygen atoms in total. The van der Waals surface area contributed by atoms with Gasteiger partial charge in [0, 0.05) is 67.8 Å². The molecule has 2 heterocycles. The summed E-state index contributed by atoms with van der Waals surface area (Å²) in [4.78, 5) is 19.5. The van der Waals surface area contributed by atoms with Crippen LogP contribution >= 0.6 is 0 Å². The molecule has 2 aliphatic rings. The Morgan fingerprint density at radius 3 is 2.47 bits per heavy atom. The Morgan fingerprint density at radius 1 is 1.12 bits per heavy atom. The molecule has 0 amide bonds. The zero-order valence-corrected chi connectivity index (χ0v) is 20.5. The van der Waals surface area contributed by atoms with Crippen molar-refractivity contribution in [1.82, 2.24) is 14.6 Å². The van der Waals surface area contributed by atoms with Crippen LogP contribution in [0.4, 0.5) is 5.69 Å². The summed E-state index contributed by atoms with van der Waals surface area (Å²) in [5.74, 6) is -0.206. The number of carbonyl (C=O) groups is 1. The molecular formula is C25H27N5O3S. The van der Waals surface area contributed by atoms with Crippen LogP contribution in [0, 0.1) is 11.3 Å². The largest absolute Gasteiger partial charge is 0.368 e. The predicted molar refractivity (Wildman–Crippen MR) is 131 cm³/mol. The fraction of sp³-hybridized carbons (Fsp3) is 0.360. The number of rotatable bonds is 3. The Kier molecular flexibility index (Phi) is 5.09. The number of benzene rings is 2. The zero-order valence-electron chi connectivity index (χ0n) is 19.7. The first-order valence-corrected chi connectivity index (χ1v) is 12.7. The molecule has 2 aromatic carbocycles. The van der Waals surface area contributed by atoms with Crippen molar-refractivity contribution in [3.63, 3.8) is 0 Å². The van der Waals surface area contributed by atoms with Crippen LogP contribution in [0.5, 0.6) is 0 Å². The first-order valence-electron chi connectivity index (χ1n) is 11.2. The van der Waals surface area contributed by atoms with Crippen LogP contribution in [0.3, 0.4) is 0 Å². The maximum absolute atomic E-state index is 13.8. The molecule has 2 N–H and O–H groups in total. The van der Waals surface area contributed by atoms with Crippen molar-refractivity contribution in [2.75, 3.05) is 45.2 Å². The lowest BCUT2D eigenvalue weighted by molar-refractivity contribution is 0.103. The maximum Gasteiger partial charge on any atom is 0.244 e. The summed E-state index contributed by atoms with van der Waals surface area (Å²) < 4.78 is 27.9. The number of hydrogen-bond acceptors (Lipinski definition) is 6. The second-order valence-corrected chi connectivity index (χ2v) is 11.7. The number of carbonyl (C=O) groups excluding carboxylic acids is 1. The van der Waals surface area contributed by atoms with Gasteiger partial charge in [0.1, 0.15) is 4.90 Å². The highest BCUT2D eigenvalue weighted by Crippen LogP contribution is 2.46. The van der Waals surface area contributed by atoms with Crippen LogP contribution < -0.4 is 10.2 Å². The van der Waals surface area contributed by atoms with Gasteiger partial charge in [0.05, 0.1) is 22.9 Å². The van der Waals surface area contributed by atoms with Gasteiger partial charge < -0.3 is 15.2 Å². The number of sulfonamides is 1. The number of nitrogens with one attached hydrogen (secondary N) is 2. The van der Waals surface area contributed by atoms with Crippen molar-refractivity contribution in [3.05, 3.63) is 58.3 Å². The van der Waals surface area contributed by atoms with E-state index < -0.39 is 15.4 Å². The Hall–Kier alpha value is -3.19. The van der Waals surface area contributed by atoms with E-state index in [0.717, 1.165) is 35.2 Å². The average Bonchev–Trinajstić information content (AvgIpc) is 3.22. The van der Waals surface area contributed by atoms with Gasteiger partial charge in [-0.2, -0.15) is 5.26 Å². The van der Waals surface area contributed by atoms with Crippen molar-refractivity contribution in [1.29, 1.82) is 5.26 Å². The van der Waals surface area contributed by atoms with Crippen molar-refractivity contribution < 1.29 is 13.2 Å². The van der Waals surface area contributed by atoms with Crippen LogP contribution in [-0.2, 0) is 15.4 Å². The van der Waals surface area contributed by atoms with Crippen molar-refractivity contribution in [2.45, 2.75) is 24.2 Å². The molecule has 0 saturated carbocycles. The molecule has 0 atom stereocenters. The van der Waals surface area contributed by atoms with E-state index in [0.29, 0.717) is 35.5 Å². The highest BCUT2D eigenvalue weighted by atomic mass is 32.2. The zero-order chi connectivity index (χ0) is 24.4. The van der Waals surface area contributed by atoms with E-state index >= 15 is 0 Å². The number of aromatic nitrogens is 1. The quantitative estimate of drug-likeness (QED) is 0.600. The third kappa shape index (κ3) is 3.17. The second-order valence-electron chi connectivity index (χ2n) is 9.59. The molecule has 0 radical (unpaired) electrons. The first kappa shape index (κ1) is 22.6. The maximum atomic E-state index is 13.8. The summed E-state index contributed by atoms with van der Waals surface area (Å²) >= 11 is 0. The Balaban J connectivity index is 1.80. The third-order valence-corrected chi connectivity index (χ3v) is 8.86. The van der Waals surface area contributed by atoms with Crippen LogP contribution in [0.1, 0.15) is 46.6 Å². The minimum atomic E-state index is -3.79. The number of nitriles is 1. The molecule has 176 valence electrons. The summed E-state index contributed by atoms with van der Waals surface area (Å²) in [6.45, 7) is 6.95. The third-order valence-electron chi connectivity index (χ3n) is 7.01. The van der Waals surface area contributed by atoms with E-state index in [-0.39, 0.29) is 10.7 Å². The molecular weight excluding hydrogens is 450 g/mol. The van der Waals surface area contributed by atoms with E-state index in [1.807, 2.05) is 19.9 Å². The fourth-order valence-electron chi connectivity index (χ4n) is 5.07. The van der Waals surface area contributed by atoms with Gasteiger partial charge in [-0.1, -0.05) is 19.9 Å². The van der Waals surface area contributed by atoms with Crippen LogP contribution in [0.15, 0.2) is 35.2 Å². The smallest absolute Gasteiger partial charge is 0.244 e. The summed E-state index contributed by atoms with van der Waals surface area (Å²) in [7, 11) is -0.778. The van der Waals surface area contributed by atoms with Gasteiger partial charge in [-0.25, -0.2) is 12.7 Å². The lowest BCUT2D eigenvalue weighted by Crippen LogP contribution is -2.44. The number of hydrogen-bond donors (Lipinski definition) is 2. The monoisotopic (exact) mass is 477 g/mol. The highest BCUT2D eigenvalue weighted by Gasteiger charge is 2.42. The van der Waals surface area contributed by atoms with Gasteiger partial charge in [0.2, 0.25) is 10.0 Å². The predicted octanol–water partition coefficient (Wildman–Crippen LogP) is 2.57. The standard InChI is InChI=1S/C25H27N5O3S/c1-25(2)18-13-20(30-9-7-27-8-10-30)21(34(32,33)29(3)4)12-17(18)23(31)22-16-6-5-15(14-26)11-19(16)28-24(22)25/h5-6,11-13,27-28H,7-10H2,1-4H3. The van der Waals surface area contributed by atoms with E-state index in [2.05, 4.69) is 21.3 Å². The lowest BCUT2D eigenvalue weighted by atomic mass is 9.71. The Bertz CT molecular complexity index is 1490. The Morgan fingerprint density at radius 2 is 1.82 bits per heavy atom. The molecule has 0 unspecified atom stereocenters. The van der Waals surface area contributed by atoms with Gasteiger partial charge in [-0.15, -0.1) is 0 Å². The number of fused-ring (bicyclic) bond motifs is 4. The number of anilines is 1. The Labute approximate surface area is 199 Å². The van der Waals surface area contributed by atoms with E-state index in [4.69, 9.17) is 0 Å². The van der Waals surface area contributed by atoms with Gasteiger partial charge in [0.25, 0.3) is 0 Å². The van der Waals surface area contributed by atoms with Crippen LogP contribution in [0.2, 0.25) is 0 Å². The summed E-state index contributed by atoms with van der Waals surface area (Å²) in [6.07, 6.45) is 0. The topological polar surface area (TPSA) is 109 Å². The highest BCUT2D eigenvalue weighted by molar-refractivity contribution is 7.89. The molecule has 5 rings (SSSR count). The molecule has 1 aliphatic carbocycles. The number of nitrogens with zero attached hydrogens (tertiary/aromatic N) is 3. The molecule has 34 heavy (non-hydrogen) atoms. The first-order chi connectivity index (χ1) is 16.1. The number of ketones is 1. The van der Waals surface area contributed by atoms with E-state index in [9.17, 15) is 18.5 Å². The molecule has 1 fully saturated rings. The van der Waals surface area contributed by atoms with Gasteiger partial charge in [0.15, 0.2) is 5.78 Å². The van der Waals surface area contributed by atoms with E-state index in [1.54, 1.807) is 24.3 Å². The lowest BCUT2D eigenvalue weighted by Gasteiger charge is -2.36. The molecule has 1 aromatic heterocycles. The molecule has 1 aliphatic heterocycles. The summed E-state index contributed by atoms with van der Waals surface area (Å²) in [6, 6.07) is 10.8. The number of aromatic amines is 1. The molecule has 9 heteroatoms.